The van der Waals surface area contributed by atoms with E-state index in [1.54, 1.807) is 27.8 Å². The maximum Gasteiger partial charge on any atom is 0.260 e. The number of carbonyl (C=O) groups is 1. The topological polar surface area (TPSA) is 120 Å². The van der Waals surface area contributed by atoms with Crippen molar-refractivity contribution < 1.29 is 19.0 Å². The number of anilines is 1. The van der Waals surface area contributed by atoms with Gasteiger partial charge in [-0.15, -0.1) is 0 Å². The first kappa shape index (κ1) is 31.1. The Balaban J connectivity index is 1.48. The number of hydrogen-bond acceptors (Lipinski definition) is 9. The lowest BCUT2D eigenvalue weighted by molar-refractivity contribution is -0.125. The van der Waals surface area contributed by atoms with Crippen LogP contribution in [0.1, 0.15) is 19.3 Å². The third kappa shape index (κ3) is 6.75. The van der Waals surface area contributed by atoms with E-state index >= 15 is 0 Å². The van der Waals surface area contributed by atoms with Gasteiger partial charge in [0.1, 0.15) is 17.1 Å². The van der Waals surface area contributed by atoms with Crippen LogP contribution in [0.15, 0.2) is 35.8 Å². The second kappa shape index (κ2) is 13.9. The van der Waals surface area contributed by atoms with E-state index in [0.29, 0.717) is 72.7 Å². The zero-order chi connectivity index (χ0) is 30.5. The van der Waals surface area contributed by atoms with Gasteiger partial charge in [-0.25, -0.2) is 4.98 Å². The Bertz CT molecular complexity index is 1530. The summed E-state index contributed by atoms with van der Waals surface area (Å²) in [6.45, 7) is 7.86. The first-order chi connectivity index (χ1) is 20.8. The molecule has 0 aliphatic carbocycles. The first-order valence-corrected chi connectivity index (χ1v) is 15.1. The predicted molar refractivity (Wildman–Crippen MR) is 168 cm³/mol. The van der Waals surface area contributed by atoms with Crippen LogP contribution in [-0.4, -0.2) is 85.0 Å². The Morgan fingerprint density at radius 3 is 2.63 bits per heavy atom. The number of aromatic nitrogens is 3. The summed E-state index contributed by atoms with van der Waals surface area (Å²) >= 11 is 13.4. The molecule has 0 bridgehead atoms. The number of amides is 1. The van der Waals surface area contributed by atoms with E-state index in [1.165, 1.54) is 20.3 Å². The number of fused-ring (bicyclic) bond motifs is 1. The molecule has 5 rings (SSSR count). The Kier molecular flexibility index (Phi) is 10.1. The lowest BCUT2D eigenvalue weighted by atomic mass is 10.0. The molecule has 43 heavy (non-hydrogen) atoms. The zero-order valence-electron chi connectivity index (χ0n) is 24.3. The summed E-state index contributed by atoms with van der Waals surface area (Å²) in [7, 11) is 2.97. The van der Waals surface area contributed by atoms with E-state index in [2.05, 4.69) is 22.2 Å². The highest BCUT2D eigenvalue weighted by molar-refractivity contribution is 6.41. The molecule has 2 atom stereocenters. The standard InChI is InChI=1S/C30H36Cl2N6O5/c1-4-24(39)37-10-6-20(16-37)33-9-11-38-28-19(15-35-30(36-28)34-8-5-18-7-12-43-17-18)13-21(29(38)40)25-26(31)22(41-2)14-23(42-3)27(25)32/h4,13-15,18,20,33H,1,5-12,16-17H2,2-3H3,(H,34,35,36). The van der Waals surface area contributed by atoms with Gasteiger partial charge in [-0.1, -0.05) is 29.8 Å². The molecule has 1 amide bonds. The fraction of sp³-hybridized carbons (Fsp3) is 0.467. The molecule has 2 fully saturated rings. The molecule has 0 saturated carbocycles. The summed E-state index contributed by atoms with van der Waals surface area (Å²) in [5, 5.41) is 7.81. The highest BCUT2D eigenvalue weighted by atomic mass is 35.5. The fourth-order valence-corrected chi connectivity index (χ4v) is 6.29. The van der Waals surface area contributed by atoms with Gasteiger partial charge in [0.15, 0.2) is 0 Å². The van der Waals surface area contributed by atoms with Gasteiger partial charge >= 0.3 is 0 Å². The van der Waals surface area contributed by atoms with Crippen LogP contribution >= 0.6 is 23.2 Å². The molecule has 13 heteroatoms. The quantitative estimate of drug-likeness (QED) is 0.286. The Morgan fingerprint density at radius 1 is 1.19 bits per heavy atom. The SMILES string of the molecule is C=CC(=O)N1CCC(NCCn2c(=O)c(-c3c(Cl)c(OC)cc(OC)c3Cl)cc3cnc(NCCC4CCOC4)nc32)C1. The summed E-state index contributed by atoms with van der Waals surface area (Å²) < 4.78 is 18.0. The molecule has 11 nitrogen and oxygen atoms in total. The van der Waals surface area contributed by atoms with Crippen LogP contribution in [-0.2, 0) is 16.1 Å². The maximum absolute atomic E-state index is 14.2. The van der Waals surface area contributed by atoms with Gasteiger partial charge in [-0.2, -0.15) is 4.98 Å². The third-order valence-corrected chi connectivity index (χ3v) is 8.72. The number of benzene rings is 1. The number of methoxy groups -OCH3 is 2. The summed E-state index contributed by atoms with van der Waals surface area (Å²) in [5.41, 5.74) is 0.739. The molecule has 2 aliphatic rings. The third-order valence-electron chi connectivity index (χ3n) is 7.97. The van der Waals surface area contributed by atoms with E-state index in [1.807, 2.05) is 0 Å². The average Bonchev–Trinajstić information content (AvgIpc) is 3.71. The minimum Gasteiger partial charge on any atom is -0.495 e. The second-order valence-corrected chi connectivity index (χ2v) is 11.4. The van der Waals surface area contributed by atoms with Crippen molar-refractivity contribution in [3.8, 4) is 22.6 Å². The zero-order valence-corrected chi connectivity index (χ0v) is 25.8. The van der Waals surface area contributed by atoms with Crippen molar-refractivity contribution in [2.75, 3.05) is 58.9 Å². The summed E-state index contributed by atoms with van der Waals surface area (Å²) in [4.78, 5) is 37.2. The number of nitrogens with one attached hydrogen (secondary N) is 2. The molecule has 2 N–H and O–H groups in total. The van der Waals surface area contributed by atoms with E-state index < -0.39 is 0 Å². The van der Waals surface area contributed by atoms with Crippen LogP contribution in [0.2, 0.25) is 10.0 Å². The van der Waals surface area contributed by atoms with Crippen molar-refractivity contribution in [3.05, 3.63) is 51.4 Å². The molecule has 4 heterocycles. The number of hydrogen-bond donors (Lipinski definition) is 2. The summed E-state index contributed by atoms with van der Waals surface area (Å²) in [5.74, 6) is 1.53. The lowest BCUT2D eigenvalue weighted by Crippen LogP contribution is -2.37. The van der Waals surface area contributed by atoms with Crippen molar-refractivity contribution in [1.29, 1.82) is 0 Å². The molecule has 0 radical (unpaired) electrons. The van der Waals surface area contributed by atoms with Crippen LogP contribution in [0.4, 0.5) is 5.95 Å². The monoisotopic (exact) mass is 630 g/mol. The Morgan fingerprint density at radius 2 is 1.95 bits per heavy atom. The number of halogens is 2. The molecule has 1 aromatic carbocycles. The number of nitrogens with zero attached hydrogens (tertiary/aromatic N) is 4. The van der Waals surface area contributed by atoms with E-state index in [-0.39, 0.29) is 33.1 Å². The highest BCUT2D eigenvalue weighted by Crippen LogP contribution is 2.45. The van der Waals surface area contributed by atoms with Gasteiger partial charge < -0.3 is 29.7 Å². The normalized spacial score (nSPS) is 18.3. The minimum absolute atomic E-state index is 0.0844. The van der Waals surface area contributed by atoms with E-state index in [4.69, 9.17) is 42.4 Å². The van der Waals surface area contributed by atoms with Crippen LogP contribution in [0, 0.1) is 5.92 Å². The minimum atomic E-state index is -0.323. The van der Waals surface area contributed by atoms with Crippen LogP contribution < -0.4 is 25.7 Å². The van der Waals surface area contributed by atoms with Gasteiger partial charge in [0.25, 0.3) is 5.56 Å². The molecule has 3 aromatic rings. The largest absolute Gasteiger partial charge is 0.495 e. The van der Waals surface area contributed by atoms with Crippen molar-refractivity contribution in [1.82, 2.24) is 24.8 Å². The van der Waals surface area contributed by atoms with Crippen molar-refractivity contribution in [3.63, 3.8) is 0 Å². The second-order valence-electron chi connectivity index (χ2n) is 10.6. The summed E-state index contributed by atoms with van der Waals surface area (Å²) in [6.07, 6.45) is 5.82. The Hall–Kier alpha value is -3.38. The molecule has 2 aromatic heterocycles. The molecule has 2 aliphatic heterocycles. The molecular formula is C30H36Cl2N6O5. The molecule has 230 valence electrons. The van der Waals surface area contributed by atoms with Gasteiger partial charge in [0.05, 0.1) is 29.8 Å². The van der Waals surface area contributed by atoms with Gasteiger partial charge in [-0.05, 0) is 37.3 Å². The smallest absolute Gasteiger partial charge is 0.260 e. The number of carbonyl (C=O) groups excluding carboxylic acids is 1. The Labute approximate surface area is 260 Å². The first-order valence-electron chi connectivity index (χ1n) is 14.3. The fourth-order valence-electron chi connectivity index (χ4n) is 5.59. The van der Waals surface area contributed by atoms with Crippen LogP contribution in [0.3, 0.4) is 0 Å². The number of ether oxygens (including phenoxy) is 3. The van der Waals surface area contributed by atoms with E-state index in [0.717, 1.165) is 32.5 Å². The number of likely N-dealkylation sites (tertiary alicyclic amines) is 1. The van der Waals surface area contributed by atoms with Gasteiger partial charge in [0.2, 0.25) is 11.9 Å². The van der Waals surface area contributed by atoms with E-state index in [9.17, 15) is 9.59 Å². The predicted octanol–water partition coefficient (Wildman–Crippen LogP) is 4.00. The summed E-state index contributed by atoms with van der Waals surface area (Å²) in [6, 6.07) is 3.38. The number of rotatable bonds is 12. The van der Waals surface area contributed by atoms with Crippen LogP contribution in [0.5, 0.6) is 11.5 Å². The molecule has 0 spiro atoms. The van der Waals surface area contributed by atoms with Gasteiger partial charge in [-0.3, -0.25) is 14.2 Å². The number of pyridine rings is 1. The maximum atomic E-state index is 14.2. The highest BCUT2D eigenvalue weighted by Gasteiger charge is 2.26. The molecule has 2 saturated heterocycles. The molecular weight excluding hydrogens is 595 g/mol. The van der Waals surface area contributed by atoms with Gasteiger partial charge in [0, 0.05) is 75.2 Å². The molecule has 2 unspecified atom stereocenters. The lowest BCUT2D eigenvalue weighted by Gasteiger charge is -2.18. The van der Waals surface area contributed by atoms with Crippen LogP contribution in [0.25, 0.3) is 22.2 Å². The van der Waals surface area contributed by atoms with Crippen molar-refractivity contribution in [2.45, 2.75) is 31.8 Å². The van der Waals surface area contributed by atoms with Crippen molar-refractivity contribution in [2.24, 2.45) is 5.92 Å². The van der Waals surface area contributed by atoms with Crippen molar-refractivity contribution >= 4 is 46.1 Å². The average molecular weight is 632 g/mol.